The molecule has 0 aliphatic heterocycles. The van der Waals surface area contributed by atoms with Crippen molar-refractivity contribution in [3.63, 3.8) is 0 Å². The third-order valence-electron chi connectivity index (χ3n) is 6.69. The van der Waals surface area contributed by atoms with Crippen LogP contribution in [0.2, 0.25) is 0 Å². The third-order valence-corrected chi connectivity index (χ3v) is 6.69. The number of aliphatic hydroxyl groups excluding tert-OH is 3. The lowest BCUT2D eigenvalue weighted by Crippen LogP contribution is -2.45. The van der Waals surface area contributed by atoms with Crippen LogP contribution in [0.25, 0.3) is 0 Å². The van der Waals surface area contributed by atoms with Gasteiger partial charge < -0.3 is 25.2 Å². The van der Waals surface area contributed by atoms with E-state index in [0.717, 1.165) is 6.08 Å². The fourth-order valence-electron chi connectivity index (χ4n) is 4.63. The smallest absolute Gasteiger partial charge is 0.114 e. The Kier molecular flexibility index (Phi) is 4.90. The van der Waals surface area contributed by atoms with Gasteiger partial charge in [0.05, 0.1) is 11.7 Å². The van der Waals surface area contributed by atoms with Gasteiger partial charge in [0.25, 0.3) is 0 Å². The van der Waals surface area contributed by atoms with Gasteiger partial charge >= 0.3 is 0 Å². The summed E-state index contributed by atoms with van der Waals surface area (Å²) < 4.78 is 142. The molecule has 3 rings (SSSR count). The summed E-state index contributed by atoms with van der Waals surface area (Å²) in [5.74, 6) is -8.85. The molecule has 0 saturated heterocycles. The van der Waals surface area contributed by atoms with Gasteiger partial charge in [-0.05, 0) is 92.8 Å². The van der Waals surface area contributed by atoms with E-state index >= 15 is 0 Å². The lowest BCUT2D eigenvalue weighted by Gasteiger charge is -2.44. The van der Waals surface area contributed by atoms with Gasteiger partial charge in [0.2, 0.25) is 0 Å². The monoisotopic (exact) mass is 505 g/mol. The largest absolute Gasteiger partial charge is 0.396 e. The van der Waals surface area contributed by atoms with Crippen molar-refractivity contribution >= 4 is 0 Å². The standard InChI is InChI=1S/C30H50O5/c1-20(9-6-15-29(3,4)34)24-13-14-25-22(10-7-16-30(24,25)5)11-12-23-19-26(32)28(27(33)21(23)2)35-18-8-17-31/h11-12,20,24-28,31-34H,2,6-10,13-19H2,1,3-5H3/b22-11-,23-12+/t20-,24-,25+,26-,27-,28-,30-/m1/s1/i5D3,7D2,10D2,13D2,14D2,16D2,24D,25D. The van der Waals surface area contributed by atoms with Crippen LogP contribution >= 0.6 is 0 Å². The summed E-state index contributed by atoms with van der Waals surface area (Å²) >= 11 is 0. The van der Waals surface area contributed by atoms with Gasteiger partial charge in [0.1, 0.15) is 12.2 Å². The molecule has 5 nitrogen and oxygen atoms in total. The number of aliphatic hydroxyl groups is 4. The molecule has 0 radical (unpaired) electrons. The summed E-state index contributed by atoms with van der Waals surface area (Å²) in [5.41, 5.74) is -6.51. The number of fused-ring (bicyclic) bond motifs is 1. The van der Waals surface area contributed by atoms with Gasteiger partial charge in [-0.3, -0.25) is 0 Å². The van der Waals surface area contributed by atoms with E-state index in [1.54, 1.807) is 0 Å². The van der Waals surface area contributed by atoms with E-state index in [1.165, 1.54) is 20.8 Å². The second-order valence-corrected chi connectivity index (χ2v) is 10.2. The Morgan fingerprint density at radius 2 is 2.09 bits per heavy atom. The van der Waals surface area contributed by atoms with Gasteiger partial charge in [-0.25, -0.2) is 0 Å². The van der Waals surface area contributed by atoms with E-state index < -0.39 is 91.3 Å². The number of allylic oxidation sites excluding steroid dienone is 3. The zero-order chi connectivity index (χ0) is 39.1. The maximum absolute atomic E-state index is 10.9. The first kappa shape index (κ1) is 14.2. The van der Waals surface area contributed by atoms with Crippen molar-refractivity contribution in [2.45, 2.75) is 116 Å². The lowest BCUT2D eigenvalue weighted by molar-refractivity contribution is -0.0968. The predicted molar refractivity (Wildman–Crippen MR) is 141 cm³/mol. The Morgan fingerprint density at radius 3 is 2.77 bits per heavy atom. The topological polar surface area (TPSA) is 90.2 Å². The Bertz CT molecular complexity index is 1370. The molecule has 0 aromatic rings. The SMILES string of the molecule is [2H]C1([2H])/C(=C/C=C2\C[C@@H](O)[C@@H](OCCCO)[C@H](O)C2=C)[C@]2([2H])C([2H])([2H])C([2H])([2H])[C@]([2H])([C@H](C)CCCC(C)(C)O)[C@@]2(C([2H])([2H])[2H])C([2H])([2H])C1([2H])[2H]. The third kappa shape index (κ3) is 6.87. The summed E-state index contributed by atoms with van der Waals surface area (Å²) in [6, 6.07) is 0. The molecule has 0 heterocycles. The summed E-state index contributed by atoms with van der Waals surface area (Å²) in [5, 5.41) is 40.9. The average Bonchev–Trinajstić information content (AvgIpc) is 3.03. The maximum Gasteiger partial charge on any atom is 0.114 e. The number of hydrogen-bond acceptors (Lipinski definition) is 5. The lowest BCUT2D eigenvalue weighted by atomic mass is 9.60. The molecule has 0 unspecified atom stereocenters. The van der Waals surface area contributed by atoms with E-state index in [9.17, 15) is 18.1 Å². The normalized spacial score (nSPS) is 55.2. The summed E-state index contributed by atoms with van der Waals surface area (Å²) in [4.78, 5) is 0. The van der Waals surface area contributed by atoms with Crippen LogP contribution < -0.4 is 0 Å². The highest BCUT2D eigenvalue weighted by molar-refractivity contribution is 5.40. The zero-order valence-electron chi connectivity index (χ0n) is 35.8. The molecular weight excluding hydrogens is 440 g/mol. The number of rotatable bonds is 10. The highest BCUT2D eigenvalue weighted by atomic mass is 16.5. The second-order valence-electron chi connectivity index (χ2n) is 10.2. The van der Waals surface area contributed by atoms with Crippen LogP contribution in [0.1, 0.15) is 112 Å². The van der Waals surface area contributed by atoms with Crippen LogP contribution in [-0.2, 0) is 4.74 Å². The molecule has 0 aromatic heterocycles. The zero-order valence-corrected chi connectivity index (χ0v) is 20.8. The van der Waals surface area contributed by atoms with Crippen molar-refractivity contribution in [2.24, 2.45) is 23.1 Å². The molecule has 0 amide bonds. The maximum atomic E-state index is 10.9. The Morgan fingerprint density at radius 1 is 1.31 bits per heavy atom. The van der Waals surface area contributed by atoms with Crippen LogP contribution in [-0.4, -0.2) is 57.6 Å². The summed E-state index contributed by atoms with van der Waals surface area (Å²) in [6.45, 7) is 3.69. The van der Waals surface area contributed by atoms with Gasteiger partial charge in [0, 0.05) is 40.2 Å². The van der Waals surface area contributed by atoms with Gasteiger partial charge in [-0.15, -0.1) is 0 Å². The van der Waals surface area contributed by atoms with Crippen LogP contribution in [0.5, 0.6) is 0 Å². The Labute approximate surface area is 234 Å². The van der Waals surface area contributed by atoms with E-state index in [4.69, 9.17) is 27.7 Å². The fourth-order valence-corrected chi connectivity index (χ4v) is 4.63. The Balaban J connectivity index is 2.44. The molecule has 0 bridgehead atoms. The summed E-state index contributed by atoms with van der Waals surface area (Å²) in [7, 11) is 0. The van der Waals surface area contributed by atoms with Crippen molar-refractivity contribution in [3.05, 3.63) is 35.5 Å². The highest BCUT2D eigenvalue weighted by Gasteiger charge is 2.50. The minimum Gasteiger partial charge on any atom is -0.396 e. The molecule has 3 aliphatic rings. The van der Waals surface area contributed by atoms with Crippen molar-refractivity contribution in [2.75, 3.05) is 13.2 Å². The fraction of sp³-hybridized carbons (Fsp3) is 0.800. The first-order valence-electron chi connectivity index (χ1n) is 19.7. The molecule has 3 saturated carbocycles. The van der Waals surface area contributed by atoms with E-state index in [2.05, 4.69) is 6.58 Å². The van der Waals surface area contributed by atoms with Crippen molar-refractivity contribution < 1.29 is 45.7 Å². The first-order chi connectivity index (χ1) is 22.3. The van der Waals surface area contributed by atoms with Crippen molar-refractivity contribution in [3.8, 4) is 0 Å². The van der Waals surface area contributed by atoms with Crippen LogP contribution in [0, 0.1) is 23.1 Å². The molecule has 0 spiro atoms. The summed E-state index contributed by atoms with van der Waals surface area (Å²) in [6.07, 6.45) is -22.0. The average molecular weight is 506 g/mol. The minimum atomic E-state index is -4.09. The quantitative estimate of drug-likeness (QED) is 0.311. The molecule has 5 heteroatoms. The van der Waals surface area contributed by atoms with E-state index in [1.807, 2.05) is 0 Å². The molecular formula is C30H50O5. The number of ether oxygens (including phenoxy) is 1. The Hall–Kier alpha value is -0.980. The molecule has 4 N–H and O–H groups in total. The molecule has 0 aromatic carbocycles. The van der Waals surface area contributed by atoms with Crippen molar-refractivity contribution in [1.29, 1.82) is 0 Å². The molecule has 35 heavy (non-hydrogen) atoms. The second kappa shape index (κ2) is 12.0. The molecule has 7 atom stereocenters. The van der Waals surface area contributed by atoms with Gasteiger partial charge in [0.15, 0.2) is 0 Å². The van der Waals surface area contributed by atoms with Gasteiger partial charge in [-0.2, -0.15) is 0 Å². The van der Waals surface area contributed by atoms with Crippen LogP contribution in [0.3, 0.4) is 0 Å². The van der Waals surface area contributed by atoms with E-state index in [0.29, 0.717) is 6.08 Å². The van der Waals surface area contributed by atoms with Gasteiger partial charge in [-0.1, -0.05) is 50.9 Å². The molecule has 3 fully saturated rings. The number of hydrogen-bond donors (Lipinski definition) is 4. The van der Waals surface area contributed by atoms with E-state index in [-0.39, 0.29) is 56.5 Å². The predicted octanol–water partition coefficient (Wildman–Crippen LogP) is 5.08. The van der Waals surface area contributed by atoms with Crippen LogP contribution in [0.15, 0.2) is 35.5 Å². The van der Waals surface area contributed by atoms with Crippen molar-refractivity contribution in [1.82, 2.24) is 0 Å². The molecule has 3 aliphatic carbocycles. The minimum absolute atomic E-state index is 0.00812. The van der Waals surface area contributed by atoms with Crippen LogP contribution in [0.4, 0.5) is 0 Å². The highest BCUT2D eigenvalue weighted by Crippen LogP contribution is 2.60. The molecule has 200 valence electrons. The first-order valence-corrected chi connectivity index (χ1v) is 12.2.